The van der Waals surface area contributed by atoms with E-state index < -0.39 is 11.2 Å². The first-order valence-corrected chi connectivity index (χ1v) is 8.20. The first kappa shape index (κ1) is 17.0. The molecular weight excluding hydrogens is 320 g/mol. The van der Waals surface area contributed by atoms with Gasteiger partial charge in [0.2, 0.25) is 5.91 Å². The van der Waals surface area contributed by atoms with Crippen molar-refractivity contribution in [3.05, 3.63) is 44.1 Å². The van der Waals surface area contributed by atoms with Gasteiger partial charge in [0.05, 0.1) is 11.4 Å². The van der Waals surface area contributed by atoms with Crippen LogP contribution in [0.4, 0.5) is 22.9 Å². The second kappa shape index (κ2) is 5.61. The van der Waals surface area contributed by atoms with Crippen LogP contribution < -0.4 is 21.0 Å². The maximum Gasteiger partial charge on any atom is 0.332 e. The fourth-order valence-electron chi connectivity index (χ4n) is 3.38. The number of amides is 1. The van der Waals surface area contributed by atoms with Crippen LogP contribution in [0.5, 0.6) is 0 Å². The topological polar surface area (TPSA) is 67.5 Å². The van der Waals surface area contributed by atoms with Crippen molar-refractivity contribution in [2.75, 3.05) is 16.3 Å². The summed E-state index contributed by atoms with van der Waals surface area (Å²) in [7, 11) is 3.04. The minimum absolute atomic E-state index is 0.217. The zero-order valence-electron chi connectivity index (χ0n) is 15.4. The van der Waals surface area contributed by atoms with Crippen LogP contribution in [0.2, 0.25) is 0 Å². The lowest BCUT2D eigenvalue weighted by Crippen LogP contribution is -2.46. The lowest BCUT2D eigenvalue weighted by atomic mass is 10.0. The third-order valence-corrected chi connectivity index (χ3v) is 4.84. The van der Waals surface area contributed by atoms with Crippen molar-refractivity contribution in [2.24, 2.45) is 14.1 Å². The quantitative estimate of drug-likeness (QED) is 0.793. The number of aryl methyl sites for hydroxylation is 2. The van der Waals surface area contributed by atoms with Crippen LogP contribution in [0.15, 0.2) is 21.7 Å². The van der Waals surface area contributed by atoms with E-state index >= 15 is 0 Å². The fraction of sp³-hybridized carbons (Fsp3) is 0.389. The first-order chi connectivity index (χ1) is 11.7. The summed E-state index contributed by atoms with van der Waals surface area (Å²) >= 11 is 0. The lowest BCUT2D eigenvalue weighted by Gasteiger charge is -2.39. The molecule has 0 unspecified atom stereocenters. The van der Waals surface area contributed by atoms with Crippen molar-refractivity contribution in [3.8, 4) is 0 Å². The Balaban J connectivity index is 2.53. The second-order valence-electron chi connectivity index (χ2n) is 6.40. The number of anilines is 4. The van der Waals surface area contributed by atoms with Gasteiger partial charge in [0.25, 0.3) is 5.56 Å². The predicted octanol–water partition coefficient (Wildman–Crippen LogP) is 1.86. The Bertz CT molecular complexity index is 1020. The molecule has 1 aromatic heterocycles. The molecule has 0 atom stereocenters. The summed E-state index contributed by atoms with van der Waals surface area (Å²) in [6.07, 6.45) is 0. The van der Waals surface area contributed by atoms with Crippen LogP contribution in [-0.4, -0.2) is 21.6 Å². The number of fused-ring (bicyclic) bond motifs is 2. The molecule has 0 saturated carbocycles. The summed E-state index contributed by atoms with van der Waals surface area (Å²) in [4.78, 5) is 41.1. The van der Waals surface area contributed by atoms with Crippen LogP contribution in [0.3, 0.4) is 0 Å². The third kappa shape index (κ3) is 2.22. The molecule has 1 aliphatic heterocycles. The van der Waals surface area contributed by atoms with Gasteiger partial charge in [-0.1, -0.05) is 0 Å². The summed E-state index contributed by atoms with van der Waals surface area (Å²) in [6.45, 7) is 7.91. The Morgan fingerprint density at radius 2 is 1.56 bits per heavy atom. The average Bonchev–Trinajstić information content (AvgIpc) is 2.56. The molecule has 1 aliphatic rings. The maximum atomic E-state index is 12.9. The van der Waals surface area contributed by atoms with Crippen molar-refractivity contribution in [1.82, 2.24) is 9.13 Å². The summed E-state index contributed by atoms with van der Waals surface area (Å²) in [5.41, 5.74) is 2.92. The zero-order valence-corrected chi connectivity index (χ0v) is 15.4. The molecule has 0 N–H and O–H groups in total. The van der Waals surface area contributed by atoms with E-state index in [2.05, 4.69) is 0 Å². The Labute approximate surface area is 145 Å². The first-order valence-electron chi connectivity index (χ1n) is 8.20. The number of hydrogen-bond acceptors (Lipinski definition) is 4. The predicted molar refractivity (Wildman–Crippen MR) is 98.3 cm³/mol. The molecule has 3 rings (SSSR count). The number of carbonyl (C=O) groups excluding carboxylic acids is 1. The normalized spacial score (nSPS) is 12.9. The standard InChI is InChI=1S/C18H22N4O3/c1-7-21-13-8-10(2)11(3)9-14(13)22(12(4)23)15-16(21)19(5)18(25)20(6)17(15)24/h8-9H,7H2,1-6H3. The number of aromatic nitrogens is 2. The van der Waals surface area contributed by atoms with Gasteiger partial charge < -0.3 is 4.90 Å². The van der Waals surface area contributed by atoms with Crippen LogP contribution in [0.25, 0.3) is 0 Å². The van der Waals surface area contributed by atoms with Gasteiger partial charge in [-0.15, -0.1) is 0 Å². The highest BCUT2D eigenvalue weighted by Gasteiger charge is 2.35. The van der Waals surface area contributed by atoms with Gasteiger partial charge in [-0.3, -0.25) is 23.6 Å². The van der Waals surface area contributed by atoms with E-state index in [9.17, 15) is 14.4 Å². The lowest BCUT2D eigenvalue weighted by molar-refractivity contribution is -0.115. The van der Waals surface area contributed by atoms with E-state index in [1.807, 2.05) is 37.8 Å². The number of rotatable bonds is 1. The molecule has 1 aromatic carbocycles. The molecule has 7 nitrogen and oxygen atoms in total. The highest BCUT2D eigenvalue weighted by Crippen LogP contribution is 2.46. The van der Waals surface area contributed by atoms with Crippen molar-refractivity contribution in [2.45, 2.75) is 27.7 Å². The second-order valence-corrected chi connectivity index (χ2v) is 6.40. The van der Waals surface area contributed by atoms with Gasteiger partial charge in [-0.25, -0.2) is 4.79 Å². The molecule has 25 heavy (non-hydrogen) atoms. The molecule has 2 heterocycles. The molecule has 2 aromatic rings. The van der Waals surface area contributed by atoms with Crippen LogP contribution in [0.1, 0.15) is 25.0 Å². The van der Waals surface area contributed by atoms with Gasteiger partial charge in [-0.05, 0) is 44.0 Å². The van der Waals surface area contributed by atoms with E-state index in [4.69, 9.17) is 0 Å². The zero-order chi connectivity index (χ0) is 18.6. The summed E-state index contributed by atoms with van der Waals surface area (Å²) < 4.78 is 2.46. The van der Waals surface area contributed by atoms with E-state index in [0.29, 0.717) is 18.1 Å². The van der Waals surface area contributed by atoms with Gasteiger partial charge in [0, 0.05) is 27.6 Å². The van der Waals surface area contributed by atoms with Crippen molar-refractivity contribution >= 4 is 28.8 Å². The highest BCUT2D eigenvalue weighted by molar-refractivity contribution is 6.08. The Hall–Kier alpha value is -2.83. The number of benzene rings is 1. The number of carbonyl (C=O) groups is 1. The summed E-state index contributed by atoms with van der Waals surface area (Å²) in [6, 6.07) is 3.91. The summed E-state index contributed by atoms with van der Waals surface area (Å²) in [5, 5.41) is 0. The molecule has 0 spiro atoms. The molecule has 0 saturated heterocycles. The molecule has 1 amide bonds. The van der Waals surface area contributed by atoms with Crippen LogP contribution in [0, 0.1) is 13.8 Å². The van der Waals surface area contributed by atoms with Crippen molar-refractivity contribution < 1.29 is 4.79 Å². The molecule has 7 heteroatoms. The SMILES string of the molecule is CCN1c2cc(C)c(C)cc2N(C(C)=O)c2c1n(C)c(=O)n(C)c2=O. The number of nitrogens with zero attached hydrogens (tertiary/aromatic N) is 4. The molecule has 132 valence electrons. The Morgan fingerprint density at radius 1 is 1.00 bits per heavy atom. The van der Waals surface area contributed by atoms with Crippen molar-refractivity contribution in [1.29, 1.82) is 0 Å². The molecule has 0 bridgehead atoms. The van der Waals surface area contributed by atoms with Crippen molar-refractivity contribution in [3.63, 3.8) is 0 Å². The van der Waals surface area contributed by atoms with E-state index in [-0.39, 0.29) is 11.6 Å². The van der Waals surface area contributed by atoms with E-state index in [1.54, 1.807) is 7.05 Å². The molecule has 0 fully saturated rings. The van der Waals surface area contributed by atoms with Gasteiger partial charge in [0.15, 0.2) is 5.69 Å². The minimum Gasteiger partial charge on any atom is -0.324 e. The third-order valence-electron chi connectivity index (χ3n) is 4.84. The minimum atomic E-state index is -0.476. The molecule has 0 aliphatic carbocycles. The largest absolute Gasteiger partial charge is 0.332 e. The Morgan fingerprint density at radius 3 is 2.08 bits per heavy atom. The van der Waals surface area contributed by atoms with Crippen LogP contribution in [-0.2, 0) is 18.9 Å². The summed E-state index contributed by atoms with van der Waals surface area (Å²) in [5.74, 6) is 0.179. The highest BCUT2D eigenvalue weighted by atomic mass is 16.2. The number of hydrogen-bond donors (Lipinski definition) is 0. The smallest absolute Gasteiger partial charge is 0.324 e. The average molecular weight is 342 g/mol. The maximum absolute atomic E-state index is 12.9. The molecule has 0 radical (unpaired) electrons. The molecular formula is C18H22N4O3. The Kier molecular flexibility index (Phi) is 3.82. The fourth-order valence-corrected chi connectivity index (χ4v) is 3.38. The van der Waals surface area contributed by atoms with Gasteiger partial charge >= 0.3 is 5.69 Å². The van der Waals surface area contributed by atoms with E-state index in [0.717, 1.165) is 21.4 Å². The van der Waals surface area contributed by atoms with E-state index in [1.165, 1.54) is 23.4 Å². The van der Waals surface area contributed by atoms with Crippen LogP contribution >= 0.6 is 0 Å². The monoisotopic (exact) mass is 342 g/mol. The van der Waals surface area contributed by atoms with Gasteiger partial charge in [-0.2, -0.15) is 0 Å². The van der Waals surface area contributed by atoms with Gasteiger partial charge in [0.1, 0.15) is 5.82 Å².